The summed E-state index contributed by atoms with van der Waals surface area (Å²) in [5, 5.41) is 5.24. The smallest absolute Gasteiger partial charge is 0.384 e. The predicted octanol–water partition coefficient (Wildman–Crippen LogP) is 2.67. The van der Waals surface area contributed by atoms with E-state index in [-0.39, 0.29) is 24.2 Å². The highest BCUT2D eigenvalue weighted by Gasteiger charge is 2.31. The summed E-state index contributed by atoms with van der Waals surface area (Å²) in [7, 11) is 0. The topological polar surface area (TPSA) is 113 Å². The number of nitrogens with one attached hydrogen (secondary N) is 3. The molecule has 0 aliphatic rings. The first-order chi connectivity index (χ1) is 14.7. The number of amides is 2. The van der Waals surface area contributed by atoms with Crippen molar-refractivity contribution in [2.24, 2.45) is 0 Å². The zero-order chi connectivity index (χ0) is 22.4. The maximum absolute atomic E-state index is 13.0. The van der Waals surface area contributed by atoms with Crippen LogP contribution in [0.25, 0.3) is 0 Å². The number of aromatic nitrogens is 2. The Bertz CT molecular complexity index is 1030. The van der Waals surface area contributed by atoms with Crippen LogP contribution in [0.15, 0.2) is 60.9 Å². The summed E-state index contributed by atoms with van der Waals surface area (Å²) < 4.78 is 39.1. The largest absolute Gasteiger partial charge is 0.416 e. The van der Waals surface area contributed by atoms with Gasteiger partial charge in [-0.2, -0.15) is 13.2 Å². The fraction of sp³-hybridized carbons (Fsp3) is 0.190. The van der Waals surface area contributed by atoms with E-state index < -0.39 is 29.6 Å². The first-order valence-corrected chi connectivity index (χ1v) is 9.31. The molecule has 10 heteroatoms. The van der Waals surface area contributed by atoms with E-state index >= 15 is 0 Å². The number of hydrogen-bond acceptors (Lipinski definition) is 4. The van der Waals surface area contributed by atoms with Crippen molar-refractivity contribution < 1.29 is 22.8 Å². The van der Waals surface area contributed by atoms with Crippen molar-refractivity contribution in [2.45, 2.75) is 25.2 Å². The molecule has 0 saturated carbocycles. The zero-order valence-corrected chi connectivity index (χ0v) is 16.2. The summed E-state index contributed by atoms with van der Waals surface area (Å²) in [6, 6.07) is 9.95. The summed E-state index contributed by atoms with van der Waals surface area (Å²) in [6.45, 7) is 0.115. The number of benzene rings is 1. The lowest BCUT2D eigenvalue weighted by Gasteiger charge is -2.19. The molecule has 0 saturated heterocycles. The Hall–Kier alpha value is -3.82. The lowest BCUT2D eigenvalue weighted by molar-refractivity contribution is -0.137. The van der Waals surface area contributed by atoms with Crippen LogP contribution in [0.4, 0.5) is 19.0 Å². The van der Waals surface area contributed by atoms with Gasteiger partial charge in [0.15, 0.2) is 0 Å². The number of hydrogen-bond donors (Lipinski definition) is 4. The minimum atomic E-state index is -4.51. The van der Waals surface area contributed by atoms with Crippen LogP contribution < -0.4 is 16.4 Å². The Kier molecular flexibility index (Phi) is 6.58. The quantitative estimate of drug-likeness (QED) is 0.461. The molecule has 0 aliphatic heterocycles. The molecule has 1 aromatic carbocycles. The van der Waals surface area contributed by atoms with Crippen LogP contribution in [0.3, 0.4) is 0 Å². The van der Waals surface area contributed by atoms with Crippen molar-refractivity contribution in [3.63, 3.8) is 0 Å². The normalized spacial score (nSPS) is 12.2. The van der Waals surface area contributed by atoms with Crippen LogP contribution in [0.1, 0.15) is 27.2 Å². The SMILES string of the molecule is Nc1ccc(CNC(=O)[C@H](Cc2cccc(C(F)(F)F)c2)NC(=O)c2ccc[nH]2)cn1. The van der Waals surface area contributed by atoms with Crippen LogP contribution in [-0.2, 0) is 23.9 Å². The molecule has 3 aromatic rings. The van der Waals surface area contributed by atoms with Gasteiger partial charge < -0.3 is 21.4 Å². The number of pyridine rings is 1. The van der Waals surface area contributed by atoms with E-state index in [2.05, 4.69) is 20.6 Å². The number of halogens is 3. The molecule has 2 aromatic heterocycles. The molecule has 7 nitrogen and oxygen atoms in total. The number of nitrogens with two attached hydrogens (primary N) is 1. The molecule has 0 fully saturated rings. The summed E-state index contributed by atoms with van der Waals surface area (Å²) in [5.41, 5.74) is 5.87. The number of alkyl halides is 3. The minimum absolute atomic E-state index is 0.115. The Labute approximate surface area is 175 Å². The fourth-order valence-corrected chi connectivity index (χ4v) is 2.88. The average Bonchev–Trinajstić information content (AvgIpc) is 3.27. The van der Waals surface area contributed by atoms with Gasteiger partial charge in [-0.25, -0.2) is 4.98 Å². The third kappa shape index (κ3) is 6.08. The molecular weight excluding hydrogens is 411 g/mol. The molecule has 3 rings (SSSR count). The maximum atomic E-state index is 13.0. The lowest BCUT2D eigenvalue weighted by Crippen LogP contribution is -2.48. The molecule has 31 heavy (non-hydrogen) atoms. The molecule has 5 N–H and O–H groups in total. The third-order valence-electron chi connectivity index (χ3n) is 4.47. The van der Waals surface area contributed by atoms with Gasteiger partial charge >= 0.3 is 6.18 Å². The molecule has 2 amide bonds. The molecule has 0 unspecified atom stereocenters. The summed E-state index contributed by atoms with van der Waals surface area (Å²) in [4.78, 5) is 31.8. The number of carbonyl (C=O) groups is 2. The van der Waals surface area contributed by atoms with E-state index in [1.165, 1.54) is 24.4 Å². The minimum Gasteiger partial charge on any atom is -0.384 e. The first kappa shape index (κ1) is 21.9. The van der Waals surface area contributed by atoms with Crippen molar-refractivity contribution >= 4 is 17.6 Å². The summed E-state index contributed by atoms with van der Waals surface area (Å²) in [5.74, 6) is -0.767. The van der Waals surface area contributed by atoms with E-state index in [0.717, 1.165) is 12.1 Å². The molecule has 0 bridgehead atoms. The van der Waals surface area contributed by atoms with E-state index in [1.54, 1.807) is 24.4 Å². The Morgan fingerprint density at radius 3 is 2.55 bits per heavy atom. The molecule has 1 atom stereocenters. The van der Waals surface area contributed by atoms with E-state index in [0.29, 0.717) is 11.4 Å². The van der Waals surface area contributed by atoms with Gasteiger partial charge in [-0.1, -0.05) is 24.3 Å². The maximum Gasteiger partial charge on any atom is 0.416 e. The first-order valence-electron chi connectivity index (χ1n) is 9.31. The van der Waals surface area contributed by atoms with Crippen LogP contribution in [0.5, 0.6) is 0 Å². The number of nitrogens with zero attached hydrogens (tertiary/aromatic N) is 1. The van der Waals surface area contributed by atoms with E-state index in [9.17, 15) is 22.8 Å². The predicted molar refractivity (Wildman–Crippen MR) is 108 cm³/mol. The van der Waals surface area contributed by atoms with E-state index in [1.807, 2.05) is 0 Å². The van der Waals surface area contributed by atoms with Gasteiger partial charge in [-0.05, 0) is 35.4 Å². The van der Waals surface area contributed by atoms with Gasteiger partial charge in [-0.3, -0.25) is 9.59 Å². The number of anilines is 1. The van der Waals surface area contributed by atoms with Gasteiger partial charge in [0.2, 0.25) is 5.91 Å². The third-order valence-corrected chi connectivity index (χ3v) is 4.47. The van der Waals surface area contributed by atoms with Crippen molar-refractivity contribution in [3.05, 3.63) is 83.3 Å². The van der Waals surface area contributed by atoms with Crippen molar-refractivity contribution in [2.75, 3.05) is 5.73 Å². The van der Waals surface area contributed by atoms with Crippen LogP contribution >= 0.6 is 0 Å². The molecule has 162 valence electrons. The van der Waals surface area contributed by atoms with Crippen molar-refractivity contribution in [1.29, 1.82) is 0 Å². The van der Waals surface area contributed by atoms with Crippen LogP contribution in [-0.4, -0.2) is 27.8 Å². The highest BCUT2D eigenvalue weighted by atomic mass is 19.4. The number of carbonyl (C=O) groups excluding carboxylic acids is 2. The summed E-state index contributed by atoms with van der Waals surface area (Å²) in [6.07, 6.45) is -1.59. The standard InChI is InChI=1S/C21H20F3N5O2/c22-21(23,24)15-4-1-3-13(9-15)10-17(29-20(31)16-5-2-8-26-16)19(30)28-12-14-6-7-18(25)27-11-14/h1-9,11,17,26H,10,12H2,(H2,25,27)(H,28,30)(H,29,31)/t17-/m0/s1. The van der Waals surface area contributed by atoms with Gasteiger partial charge in [0, 0.05) is 25.4 Å². The van der Waals surface area contributed by atoms with Gasteiger partial charge in [0.05, 0.1) is 5.56 Å². The Morgan fingerprint density at radius 1 is 1.10 bits per heavy atom. The monoisotopic (exact) mass is 431 g/mol. The highest BCUT2D eigenvalue weighted by molar-refractivity contribution is 5.96. The second-order valence-corrected chi connectivity index (χ2v) is 6.82. The Balaban J connectivity index is 1.76. The molecular formula is C21H20F3N5O2. The fourth-order valence-electron chi connectivity index (χ4n) is 2.88. The number of rotatable bonds is 7. The Morgan fingerprint density at radius 2 is 1.90 bits per heavy atom. The lowest BCUT2D eigenvalue weighted by atomic mass is 10.0. The van der Waals surface area contributed by atoms with Crippen molar-refractivity contribution in [1.82, 2.24) is 20.6 Å². The van der Waals surface area contributed by atoms with Gasteiger partial charge in [-0.15, -0.1) is 0 Å². The van der Waals surface area contributed by atoms with Crippen LogP contribution in [0, 0.1) is 0 Å². The van der Waals surface area contributed by atoms with Gasteiger partial charge in [0.25, 0.3) is 5.91 Å². The molecule has 2 heterocycles. The second kappa shape index (κ2) is 9.33. The number of aromatic amines is 1. The number of H-pyrrole nitrogens is 1. The van der Waals surface area contributed by atoms with Gasteiger partial charge in [0.1, 0.15) is 17.6 Å². The number of nitrogen functional groups attached to an aromatic ring is 1. The van der Waals surface area contributed by atoms with Crippen molar-refractivity contribution in [3.8, 4) is 0 Å². The molecule has 0 spiro atoms. The molecule has 0 radical (unpaired) electrons. The second-order valence-electron chi connectivity index (χ2n) is 6.82. The van der Waals surface area contributed by atoms with E-state index in [4.69, 9.17) is 5.73 Å². The molecule has 0 aliphatic carbocycles. The zero-order valence-electron chi connectivity index (χ0n) is 16.2. The highest BCUT2D eigenvalue weighted by Crippen LogP contribution is 2.29. The summed E-state index contributed by atoms with van der Waals surface area (Å²) >= 11 is 0. The van der Waals surface area contributed by atoms with Crippen LogP contribution in [0.2, 0.25) is 0 Å². The average molecular weight is 431 g/mol.